The molecule has 2 N–H and O–H groups in total. The van der Waals surface area contributed by atoms with E-state index in [1.54, 1.807) is 0 Å². The highest BCUT2D eigenvalue weighted by Gasteiger charge is 2.20. The number of hydrogen-bond acceptors (Lipinski definition) is 6. The molecule has 8 heteroatoms. The van der Waals surface area contributed by atoms with Gasteiger partial charge in [0.2, 0.25) is 0 Å². The van der Waals surface area contributed by atoms with Crippen molar-refractivity contribution < 1.29 is 24.0 Å². The molecule has 1 atom stereocenters. The zero-order chi connectivity index (χ0) is 13.7. The summed E-state index contributed by atoms with van der Waals surface area (Å²) in [6, 6.07) is 1.77. The number of ether oxygens (including phenoxy) is 1. The second kappa shape index (κ2) is 5.92. The van der Waals surface area contributed by atoms with Crippen molar-refractivity contribution in [3.05, 3.63) is 34.1 Å². The van der Waals surface area contributed by atoms with Crippen LogP contribution in [0.15, 0.2) is 18.2 Å². The standard InChI is InChI=1S/C10H11FN2O5/c1-18-10(15)9(5-14)12-8-3-2-6(13(16)17)4-7(8)11/h2-4,9,12,14H,5H2,1H3. The molecule has 0 amide bonds. The fourth-order valence-corrected chi connectivity index (χ4v) is 1.24. The number of rotatable bonds is 5. The zero-order valence-corrected chi connectivity index (χ0v) is 9.42. The fraction of sp³-hybridized carbons (Fsp3) is 0.300. The molecule has 0 fully saturated rings. The van der Waals surface area contributed by atoms with Gasteiger partial charge in [0.05, 0.1) is 30.4 Å². The number of aliphatic hydroxyl groups is 1. The van der Waals surface area contributed by atoms with Crippen molar-refractivity contribution >= 4 is 17.3 Å². The van der Waals surface area contributed by atoms with Crippen LogP contribution in [-0.2, 0) is 9.53 Å². The van der Waals surface area contributed by atoms with E-state index in [1.165, 1.54) is 0 Å². The highest BCUT2D eigenvalue weighted by atomic mass is 19.1. The normalized spacial score (nSPS) is 11.7. The SMILES string of the molecule is COC(=O)C(CO)Nc1ccc([N+](=O)[O-])cc1F. The van der Waals surface area contributed by atoms with Gasteiger partial charge in [-0.1, -0.05) is 0 Å². The van der Waals surface area contributed by atoms with E-state index in [9.17, 15) is 19.3 Å². The molecule has 0 aromatic heterocycles. The molecule has 0 aliphatic heterocycles. The molecule has 1 aromatic rings. The Morgan fingerprint density at radius 1 is 1.67 bits per heavy atom. The van der Waals surface area contributed by atoms with Crippen molar-refractivity contribution in [1.29, 1.82) is 0 Å². The van der Waals surface area contributed by atoms with E-state index in [0.29, 0.717) is 6.07 Å². The van der Waals surface area contributed by atoms with Crippen LogP contribution in [0, 0.1) is 15.9 Å². The van der Waals surface area contributed by atoms with Gasteiger partial charge < -0.3 is 15.2 Å². The zero-order valence-electron chi connectivity index (χ0n) is 9.42. The van der Waals surface area contributed by atoms with E-state index >= 15 is 0 Å². The predicted octanol–water partition coefficient (Wildman–Crippen LogP) is 0.680. The number of hydrogen-bond donors (Lipinski definition) is 2. The number of carbonyl (C=O) groups excluding carboxylic acids is 1. The number of benzene rings is 1. The Morgan fingerprint density at radius 2 is 2.33 bits per heavy atom. The highest BCUT2D eigenvalue weighted by molar-refractivity contribution is 5.79. The number of aliphatic hydroxyl groups excluding tert-OH is 1. The molecule has 1 rings (SSSR count). The lowest BCUT2D eigenvalue weighted by atomic mass is 10.2. The Kier molecular flexibility index (Phi) is 4.55. The van der Waals surface area contributed by atoms with Crippen LogP contribution in [0.5, 0.6) is 0 Å². The Balaban J connectivity index is 2.90. The first-order chi connectivity index (χ1) is 8.49. The van der Waals surface area contributed by atoms with E-state index in [-0.39, 0.29) is 5.69 Å². The molecule has 0 heterocycles. The summed E-state index contributed by atoms with van der Waals surface area (Å²) in [5, 5.41) is 21.7. The number of nitro benzene ring substituents is 1. The first kappa shape index (κ1) is 13.8. The molecule has 0 saturated heterocycles. The number of nitro groups is 1. The van der Waals surface area contributed by atoms with Crippen molar-refractivity contribution in [3.63, 3.8) is 0 Å². The molecule has 0 spiro atoms. The minimum absolute atomic E-state index is 0.134. The Bertz CT molecular complexity index is 466. The maximum Gasteiger partial charge on any atom is 0.330 e. The average Bonchev–Trinajstić information content (AvgIpc) is 2.36. The minimum Gasteiger partial charge on any atom is -0.467 e. The molecule has 0 aliphatic carbocycles. The summed E-state index contributed by atoms with van der Waals surface area (Å²) in [6.07, 6.45) is 0. The number of anilines is 1. The molecule has 98 valence electrons. The third kappa shape index (κ3) is 3.14. The maximum atomic E-state index is 13.5. The van der Waals surface area contributed by atoms with Crippen molar-refractivity contribution in [2.24, 2.45) is 0 Å². The van der Waals surface area contributed by atoms with Crippen LogP contribution < -0.4 is 5.32 Å². The van der Waals surface area contributed by atoms with E-state index < -0.39 is 35.0 Å². The summed E-state index contributed by atoms with van der Waals surface area (Å²) in [4.78, 5) is 20.8. The van der Waals surface area contributed by atoms with Crippen molar-refractivity contribution in [1.82, 2.24) is 0 Å². The van der Waals surface area contributed by atoms with Crippen molar-refractivity contribution in [3.8, 4) is 0 Å². The van der Waals surface area contributed by atoms with Gasteiger partial charge in [-0.25, -0.2) is 9.18 Å². The number of halogens is 1. The Hall–Kier alpha value is -2.22. The van der Waals surface area contributed by atoms with Gasteiger partial charge in [0, 0.05) is 6.07 Å². The molecular formula is C10H11FN2O5. The Morgan fingerprint density at radius 3 is 2.78 bits per heavy atom. The summed E-state index contributed by atoms with van der Waals surface area (Å²) in [5.41, 5.74) is -0.540. The lowest BCUT2D eigenvalue weighted by Gasteiger charge is -2.15. The first-order valence-corrected chi connectivity index (χ1v) is 4.88. The second-order valence-electron chi connectivity index (χ2n) is 3.32. The van der Waals surface area contributed by atoms with E-state index in [0.717, 1.165) is 19.2 Å². The molecule has 0 saturated carbocycles. The lowest BCUT2D eigenvalue weighted by Crippen LogP contribution is -2.34. The molecule has 7 nitrogen and oxygen atoms in total. The fourth-order valence-electron chi connectivity index (χ4n) is 1.24. The van der Waals surface area contributed by atoms with Crippen LogP contribution in [0.1, 0.15) is 0 Å². The van der Waals surface area contributed by atoms with Gasteiger partial charge in [-0.15, -0.1) is 0 Å². The molecular weight excluding hydrogens is 247 g/mol. The highest BCUT2D eigenvalue weighted by Crippen LogP contribution is 2.21. The molecule has 1 aromatic carbocycles. The summed E-state index contributed by atoms with van der Waals surface area (Å²) < 4.78 is 17.9. The topological polar surface area (TPSA) is 102 Å². The van der Waals surface area contributed by atoms with Crippen LogP contribution in [0.4, 0.5) is 15.8 Å². The number of methoxy groups -OCH3 is 1. The van der Waals surface area contributed by atoms with Gasteiger partial charge in [0.15, 0.2) is 5.82 Å². The van der Waals surface area contributed by atoms with Gasteiger partial charge in [-0.3, -0.25) is 10.1 Å². The number of non-ortho nitro benzene ring substituents is 1. The summed E-state index contributed by atoms with van der Waals surface area (Å²) >= 11 is 0. The first-order valence-electron chi connectivity index (χ1n) is 4.88. The quantitative estimate of drug-likeness (QED) is 0.457. The van der Waals surface area contributed by atoms with Gasteiger partial charge in [-0.05, 0) is 6.07 Å². The Labute approximate surface area is 101 Å². The number of carbonyl (C=O) groups is 1. The predicted molar refractivity (Wildman–Crippen MR) is 59.6 cm³/mol. The molecule has 1 unspecified atom stereocenters. The molecule has 0 aliphatic rings. The van der Waals surface area contributed by atoms with Crippen LogP contribution >= 0.6 is 0 Å². The van der Waals surface area contributed by atoms with Crippen LogP contribution in [0.2, 0.25) is 0 Å². The van der Waals surface area contributed by atoms with Gasteiger partial charge in [0.25, 0.3) is 5.69 Å². The second-order valence-corrected chi connectivity index (χ2v) is 3.32. The third-order valence-corrected chi connectivity index (χ3v) is 2.16. The summed E-state index contributed by atoms with van der Waals surface area (Å²) in [7, 11) is 1.12. The molecule has 0 radical (unpaired) electrons. The van der Waals surface area contributed by atoms with E-state index in [2.05, 4.69) is 10.1 Å². The minimum atomic E-state index is -1.13. The van der Waals surface area contributed by atoms with E-state index in [4.69, 9.17) is 5.11 Å². The summed E-state index contributed by atoms with van der Waals surface area (Å²) in [6.45, 7) is -0.594. The summed E-state index contributed by atoms with van der Waals surface area (Å²) in [5.74, 6) is -1.66. The van der Waals surface area contributed by atoms with Crippen molar-refractivity contribution in [2.45, 2.75) is 6.04 Å². The van der Waals surface area contributed by atoms with Gasteiger partial charge in [0.1, 0.15) is 6.04 Å². The van der Waals surface area contributed by atoms with E-state index in [1.807, 2.05) is 0 Å². The number of nitrogens with one attached hydrogen (secondary N) is 1. The van der Waals surface area contributed by atoms with Gasteiger partial charge >= 0.3 is 5.97 Å². The largest absolute Gasteiger partial charge is 0.467 e. The molecule has 0 bridgehead atoms. The number of esters is 1. The molecule has 18 heavy (non-hydrogen) atoms. The van der Waals surface area contributed by atoms with Crippen molar-refractivity contribution in [2.75, 3.05) is 19.0 Å². The number of nitrogens with zero attached hydrogens (tertiary/aromatic N) is 1. The van der Waals surface area contributed by atoms with Crippen LogP contribution in [0.25, 0.3) is 0 Å². The smallest absolute Gasteiger partial charge is 0.330 e. The lowest BCUT2D eigenvalue weighted by molar-refractivity contribution is -0.385. The third-order valence-electron chi connectivity index (χ3n) is 2.16. The monoisotopic (exact) mass is 258 g/mol. The van der Waals surface area contributed by atoms with Crippen LogP contribution in [-0.4, -0.2) is 35.8 Å². The average molecular weight is 258 g/mol. The van der Waals surface area contributed by atoms with Gasteiger partial charge in [-0.2, -0.15) is 0 Å². The maximum absolute atomic E-state index is 13.5. The van der Waals surface area contributed by atoms with Crippen LogP contribution in [0.3, 0.4) is 0 Å².